The molecule has 0 saturated carbocycles. The lowest BCUT2D eigenvalue weighted by Crippen LogP contribution is -2.53. The SMILES string of the molecule is Cc1ccc(N(CC(=O)N(CCc2ccccc2)[C@@H](C)C(=O)NC(C)C)S(=O)(=O)c2ccccc2)cc1Cl. The van der Waals surface area contributed by atoms with Gasteiger partial charge in [0.25, 0.3) is 10.0 Å². The Labute approximate surface area is 230 Å². The first-order chi connectivity index (χ1) is 18.0. The van der Waals surface area contributed by atoms with E-state index in [2.05, 4.69) is 5.32 Å². The number of hydrogen-bond acceptors (Lipinski definition) is 4. The summed E-state index contributed by atoms with van der Waals surface area (Å²) >= 11 is 6.34. The van der Waals surface area contributed by atoms with Crippen LogP contribution >= 0.6 is 11.6 Å². The molecule has 1 N–H and O–H groups in total. The fourth-order valence-corrected chi connectivity index (χ4v) is 5.56. The molecule has 3 aromatic rings. The number of aryl methyl sites for hydroxylation is 1. The number of carbonyl (C=O) groups excluding carboxylic acids is 2. The van der Waals surface area contributed by atoms with Crippen LogP contribution in [0.15, 0.2) is 83.8 Å². The Morgan fingerprint density at radius 3 is 2.11 bits per heavy atom. The van der Waals surface area contributed by atoms with Gasteiger partial charge in [0, 0.05) is 17.6 Å². The van der Waals surface area contributed by atoms with Crippen LogP contribution in [0.3, 0.4) is 0 Å². The standard InChI is InChI=1S/C29H34ClN3O4S/c1-21(2)31-29(35)23(4)32(18-17-24-11-7-5-8-12-24)28(34)20-33(25-16-15-22(3)27(30)19-25)38(36,37)26-13-9-6-10-14-26/h5-16,19,21,23H,17-18,20H2,1-4H3,(H,31,35)/t23-/m0/s1. The van der Waals surface area contributed by atoms with Crippen molar-refractivity contribution in [2.75, 3.05) is 17.4 Å². The van der Waals surface area contributed by atoms with Gasteiger partial charge in [-0.1, -0.05) is 66.2 Å². The summed E-state index contributed by atoms with van der Waals surface area (Å²) in [6, 6.07) is 21.5. The smallest absolute Gasteiger partial charge is 0.264 e. The summed E-state index contributed by atoms with van der Waals surface area (Å²) in [6.07, 6.45) is 0.508. The van der Waals surface area contributed by atoms with Crippen LogP contribution in [-0.2, 0) is 26.0 Å². The predicted octanol–water partition coefficient (Wildman–Crippen LogP) is 4.83. The van der Waals surface area contributed by atoms with Gasteiger partial charge in [-0.3, -0.25) is 13.9 Å². The van der Waals surface area contributed by atoms with Gasteiger partial charge in [0.15, 0.2) is 0 Å². The topological polar surface area (TPSA) is 86.8 Å². The highest BCUT2D eigenvalue weighted by Gasteiger charge is 2.32. The lowest BCUT2D eigenvalue weighted by Gasteiger charge is -2.32. The summed E-state index contributed by atoms with van der Waals surface area (Å²) < 4.78 is 28.6. The van der Waals surface area contributed by atoms with Gasteiger partial charge >= 0.3 is 0 Å². The molecular weight excluding hydrogens is 522 g/mol. The molecule has 1 atom stereocenters. The van der Waals surface area contributed by atoms with E-state index in [-0.39, 0.29) is 29.1 Å². The van der Waals surface area contributed by atoms with E-state index in [0.717, 1.165) is 15.4 Å². The molecule has 2 amide bonds. The molecule has 0 unspecified atom stereocenters. The number of amides is 2. The molecule has 7 nitrogen and oxygen atoms in total. The van der Waals surface area contributed by atoms with Gasteiger partial charge < -0.3 is 10.2 Å². The number of nitrogens with zero attached hydrogens (tertiary/aromatic N) is 2. The first kappa shape index (κ1) is 29.2. The molecule has 0 saturated heterocycles. The van der Waals surface area contributed by atoms with Crippen molar-refractivity contribution in [3.05, 3.63) is 95.0 Å². The van der Waals surface area contributed by atoms with E-state index < -0.39 is 28.5 Å². The lowest BCUT2D eigenvalue weighted by atomic mass is 10.1. The molecule has 0 radical (unpaired) electrons. The summed E-state index contributed by atoms with van der Waals surface area (Å²) in [6.45, 7) is 6.90. The van der Waals surface area contributed by atoms with Gasteiger partial charge in [-0.15, -0.1) is 0 Å². The minimum atomic E-state index is -4.12. The van der Waals surface area contributed by atoms with Crippen molar-refractivity contribution < 1.29 is 18.0 Å². The fourth-order valence-electron chi connectivity index (χ4n) is 3.96. The lowest BCUT2D eigenvalue weighted by molar-refractivity contribution is -0.139. The number of hydrogen-bond donors (Lipinski definition) is 1. The Kier molecular flexibility index (Phi) is 9.94. The molecule has 3 rings (SSSR count). The van der Waals surface area contributed by atoms with Crippen molar-refractivity contribution >= 4 is 39.1 Å². The largest absolute Gasteiger partial charge is 0.352 e. The first-order valence-corrected chi connectivity index (χ1v) is 14.3. The number of sulfonamides is 1. The molecular formula is C29H34ClN3O4S. The Morgan fingerprint density at radius 1 is 0.921 bits per heavy atom. The average molecular weight is 556 g/mol. The summed E-state index contributed by atoms with van der Waals surface area (Å²) in [7, 11) is -4.12. The summed E-state index contributed by atoms with van der Waals surface area (Å²) in [5, 5.41) is 3.23. The molecule has 0 aliphatic carbocycles. The first-order valence-electron chi connectivity index (χ1n) is 12.5. The number of benzene rings is 3. The van der Waals surface area contributed by atoms with Crippen molar-refractivity contribution in [1.82, 2.24) is 10.2 Å². The zero-order valence-corrected chi connectivity index (χ0v) is 23.7. The Morgan fingerprint density at radius 2 is 1.53 bits per heavy atom. The van der Waals surface area contributed by atoms with E-state index in [1.807, 2.05) is 51.1 Å². The Hall–Kier alpha value is -3.36. The highest BCUT2D eigenvalue weighted by molar-refractivity contribution is 7.92. The van der Waals surface area contributed by atoms with Crippen LogP contribution in [0, 0.1) is 6.92 Å². The highest BCUT2D eigenvalue weighted by Crippen LogP contribution is 2.28. The molecule has 0 aliphatic heterocycles. The van der Waals surface area contributed by atoms with Gasteiger partial charge in [0.05, 0.1) is 10.6 Å². The third-order valence-corrected chi connectivity index (χ3v) is 8.33. The molecule has 9 heteroatoms. The zero-order chi connectivity index (χ0) is 27.9. The number of halogens is 1. The van der Waals surface area contributed by atoms with Crippen LogP contribution in [0.25, 0.3) is 0 Å². The maximum Gasteiger partial charge on any atom is 0.264 e. The molecule has 0 heterocycles. The quantitative estimate of drug-likeness (QED) is 0.367. The van der Waals surface area contributed by atoms with E-state index in [0.29, 0.717) is 11.4 Å². The van der Waals surface area contributed by atoms with Gasteiger partial charge in [-0.05, 0) is 69.5 Å². The molecule has 3 aromatic carbocycles. The number of carbonyl (C=O) groups is 2. The number of anilines is 1. The fraction of sp³-hybridized carbons (Fsp3) is 0.310. The van der Waals surface area contributed by atoms with Gasteiger partial charge in [0.2, 0.25) is 11.8 Å². The Balaban J connectivity index is 1.99. The maximum absolute atomic E-state index is 13.8. The number of rotatable bonds is 11. The summed E-state index contributed by atoms with van der Waals surface area (Å²) in [5.74, 6) is -0.805. The summed E-state index contributed by atoms with van der Waals surface area (Å²) in [4.78, 5) is 28.2. The Bertz CT molecular complexity index is 1350. The van der Waals surface area contributed by atoms with Gasteiger partial charge in [-0.25, -0.2) is 8.42 Å². The van der Waals surface area contributed by atoms with Crippen LogP contribution in [0.2, 0.25) is 5.02 Å². The third-order valence-electron chi connectivity index (χ3n) is 6.14. The van der Waals surface area contributed by atoms with Crippen molar-refractivity contribution in [3.8, 4) is 0 Å². The van der Waals surface area contributed by atoms with Crippen molar-refractivity contribution in [1.29, 1.82) is 0 Å². The minimum absolute atomic E-state index is 0.0472. The molecule has 0 spiro atoms. The molecule has 0 bridgehead atoms. The van der Waals surface area contributed by atoms with Crippen LogP contribution < -0.4 is 9.62 Å². The molecule has 0 aliphatic rings. The molecule has 202 valence electrons. The average Bonchev–Trinajstić information content (AvgIpc) is 2.89. The molecule has 0 fully saturated rings. The van der Waals surface area contributed by atoms with Crippen LogP contribution in [0.4, 0.5) is 5.69 Å². The van der Waals surface area contributed by atoms with Gasteiger partial charge in [0.1, 0.15) is 12.6 Å². The van der Waals surface area contributed by atoms with Crippen LogP contribution in [-0.4, -0.2) is 50.3 Å². The van der Waals surface area contributed by atoms with Crippen molar-refractivity contribution in [3.63, 3.8) is 0 Å². The van der Waals surface area contributed by atoms with E-state index >= 15 is 0 Å². The van der Waals surface area contributed by atoms with Crippen LogP contribution in [0.5, 0.6) is 0 Å². The van der Waals surface area contributed by atoms with E-state index in [4.69, 9.17) is 11.6 Å². The van der Waals surface area contributed by atoms with Gasteiger partial charge in [-0.2, -0.15) is 0 Å². The monoisotopic (exact) mass is 555 g/mol. The maximum atomic E-state index is 13.8. The molecule has 38 heavy (non-hydrogen) atoms. The van der Waals surface area contributed by atoms with Crippen LogP contribution in [0.1, 0.15) is 31.9 Å². The van der Waals surface area contributed by atoms with E-state index in [9.17, 15) is 18.0 Å². The predicted molar refractivity (Wildman–Crippen MR) is 152 cm³/mol. The van der Waals surface area contributed by atoms with Crippen molar-refractivity contribution in [2.24, 2.45) is 0 Å². The second kappa shape index (κ2) is 12.9. The summed E-state index contributed by atoms with van der Waals surface area (Å²) in [5.41, 5.74) is 2.04. The third kappa shape index (κ3) is 7.36. The van der Waals surface area contributed by atoms with E-state index in [1.54, 1.807) is 37.3 Å². The zero-order valence-electron chi connectivity index (χ0n) is 22.1. The normalized spacial score (nSPS) is 12.2. The number of nitrogens with one attached hydrogen (secondary N) is 1. The minimum Gasteiger partial charge on any atom is -0.352 e. The second-order valence-corrected chi connectivity index (χ2v) is 11.7. The highest BCUT2D eigenvalue weighted by atomic mass is 35.5. The second-order valence-electron chi connectivity index (χ2n) is 9.42. The van der Waals surface area contributed by atoms with Crippen molar-refractivity contribution in [2.45, 2.75) is 51.1 Å². The molecule has 0 aromatic heterocycles. The van der Waals surface area contributed by atoms with E-state index in [1.165, 1.54) is 23.1 Å².